The van der Waals surface area contributed by atoms with Crippen molar-refractivity contribution in [3.05, 3.63) is 164 Å². The molecule has 0 aliphatic carbocycles. The number of hydrogen-bond acceptors (Lipinski definition) is 3. The van der Waals surface area contributed by atoms with Crippen LogP contribution in [0.4, 0.5) is 0 Å². The summed E-state index contributed by atoms with van der Waals surface area (Å²) in [6.07, 6.45) is 0. The number of aromatic nitrogens is 4. The van der Waals surface area contributed by atoms with Gasteiger partial charge in [-0.3, -0.25) is 4.57 Å². The standard InChI is InChI=1S/C48H28N4S/c1-2-12-28(13-3-1)45-34-17-6-9-19-38(34)50-48(51-45)52-40-20-10-7-14-31(40)36-26-30(23-25-41(36)52)29-22-24-39-37(27-29)43-32-15-4-5-16-33(32)44-35-18-8-11-21-42(35)53-47(44)46(43)49-39/h1-27,49H. The van der Waals surface area contributed by atoms with Crippen LogP contribution in [0.3, 0.4) is 0 Å². The highest BCUT2D eigenvalue weighted by atomic mass is 32.1. The third-order valence-electron chi connectivity index (χ3n) is 10.9. The second-order valence-electron chi connectivity index (χ2n) is 13.8. The lowest BCUT2D eigenvalue weighted by atomic mass is 9.97. The monoisotopic (exact) mass is 692 g/mol. The van der Waals surface area contributed by atoms with Crippen LogP contribution in [-0.4, -0.2) is 19.5 Å². The Morgan fingerprint density at radius 3 is 1.94 bits per heavy atom. The fourth-order valence-electron chi connectivity index (χ4n) is 8.58. The molecule has 4 heterocycles. The lowest BCUT2D eigenvalue weighted by Crippen LogP contribution is -2.03. The molecule has 0 saturated heterocycles. The highest BCUT2D eigenvalue weighted by Crippen LogP contribution is 2.46. The Bertz CT molecular complexity index is 3460. The summed E-state index contributed by atoms with van der Waals surface area (Å²) in [4.78, 5) is 14.3. The number of para-hydroxylation sites is 2. The molecule has 0 fully saturated rings. The summed E-state index contributed by atoms with van der Waals surface area (Å²) in [7, 11) is 0. The zero-order valence-corrected chi connectivity index (χ0v) is 29.2. The molecule has 0 spiro atoms. The molecule has 53 heavy (non-hydrogen) atoms. The van der Waals surface area contributed by atoms with Gasteiger partial charge in [0.1, 0.15) is 0 Å². The minimum atomic E-state index is 0.668. The molecule has 0 aliphatic rings. The van der Waals surface area contributed by atoms with E-state index in [1.54, 1.807) is 0 Å². The Labute approximate surface area is 307 Å². The van der Waals surface area contributed by atoms with E-state index >= 15 is 0 Å². The van der Waals surface area contributed by atoms with Crippen LogP contribution in [0.1, 0.15) is 0 Å². The Hall–Kier alpha value is -6.82. The molecule has 4 nitrogen and oxygen atoms in total. The third-order valence-corrected chi connectivity index (χ3v) is 12.1. The van der Waals surface area contributed by atoms with Crippen molar-refractivity contribution in [2.24, 2.45) is 0 Å². The molecule has 0 atom stereocenters. The zero-order chi connectivity index (χ0) is 34.6. The summed E-state index contributed by atoms with van der Waals surface area (Å²) < 4.78 is 4.86. The molecule has 8 aromatic carbocycles. The van der Waals surface area contributed by atoms with Crippen molar-refractivity contribution < 1.29 is 0 Å². The number of nitrogens with zero attached hydrogens (tertiary/aromatic N) is 3. The van der Waals surface area contributed by atoms with Gasteiger partial charge in [-0.25, -0.2) is 9.97 Å². The Kier molecular flexibility index (Phi) is 5.90. The van der Waals surface area contributed by atoms with E-state index in [1.807, 2.05) is 23.5 Å². The second kappa shape index (κ2) is 10.8. The van der Waals surface area contributed by atoms with Crippen LogP contribution < -0.4 is 0 Å². The van der Waals surface area contributed by atoms with Crippen molar-refractivity contribution in [3.8, 4) is 28.3 Å². The van der Waals surface area contributed by atoms with Gasteiger partial charge in [0.25, 0.3) is 0 Å². The van der Waals surface area contributed by atoms with Crippen molar-refractivity contribution in [3.63, 3.8) is 0 Å². The third kappa shape index (κ3) is 4.11. The van der Waals surface area contributed by atoms with E-state index in [0.717, 1.165) is 38.7 Å². The quantitative estimate of drug-likeness (QED) is 0.200. The number of nitrogens with one attached hydrogen (secondary N) is 1. The Balaban J connectivity index is 1.08. The topological polar surface area (TPSA) is 46.5 Å². The smallest absolute Gasteiger partial charge is 0.235 e. The average Bonchev–Trinajstić information content (AvgIpc) is 3.91. The van der Waals surface area contributed by atoms with Gasteiger partial charge in [0.05, 0.1) is 32.5 Å². The predicted octanol–water partition coefficient (Wildman–Crippen LogP) is 13.2. The predicted molar refractivity (Wildman–Crippen MR) is 225 cm³/mol. The van der Waals surface area contributed by atoms with E-state index in [0.29, 0.717) is 5.95 Å². The van der Waals surface area contributed by atoms with Crippen LogP contribution in [0, 0.1) is 0 Å². The number of benzene rings is 8. The van der Waals surface area contributed by atoms with E-state index in [4.69, 9.17) is 9.97 Å². The summed E-state index contributed by atoms with van der Waals surface area (Å²) in [6, 6.07) is 58.7. The van der Waals surface area contributed by atoms with E-state index < -0.39 is 0 Å². The molecular weight excluding hydrogens is 665 g/mol. The molecule has 0 radical (unpaired) electrons. The van der Waals surface area contributed by atoms with Gasteiger partial charge >= 0.3 is 0 Å². The summed E-state index contributed by atoms with van der Waals surface area (Å²) in [5.74, 6) is 0.668. The number of hydrogen-bond donors (Lipinski definition) is 1. The molecule has 5 heteroatoms. The average molecular weight is 693 g/mol. The fourth-order valence-corrected chi connectivity index (χ4v) is 9.80. The zero-order valence-electron chi connectivity index (χ0n) is 28.3. The van der Waals surface area contributed by atoms with Crippen molar-refractivity contribution in [1.29, 1.82) is 0 Å². The van der Waals surface area contributed by atoms with E-state index in [9.17, 15) is 0 Å². The first-order valence-electron chi connectivity index (χ1n) is 17.9. The van der Waals surface area contributed by atoms with Gasteiger partial charge in [0.2, 0.25) is 5.95 Å². The number of aromatic amines is 1. The molecule has 1 N–H and O–H groups in total. The van der Waals surface area contributed by atoms with Crippen LogP contribution in [0.5, 0.6) is 0 Å². The van der Waals surface area contributed by atoms with Crippen LogP contribution in [0.25, 0.3) is 114 Å². The largest absolute Gasteiger partial charge is 0.353 e. The lowest BCUT2D eigenvalue weighted by Gasteiger charge is -2.12. The van der Waals surface area contributed by atoms with Gasteiger partial charge in [0, 0.05) is 53.5 Å². The summed E-state index contributed by atoms with van der Waals surface area (Å²) >= 11 is 1.88. The first-order valence-corrected chi connectivity index (χ1v) is 18.7. The van der Waals surface area contributed by atoms with Crippen LogP contribution in [-0.2, 0) is 0 Å². The van der Waals surface area contributed by atoms with Crippen molar-refractivity contribution in [2.75, 3.05) is 0 Å². The molecule has 12 aromatic rings. The van der Waals surface area contributed by atoms with Crippen molar-refractivity contribution in [2.45, 2.75) is 0 Å². The van der Waals surface area contributed by atoms with E-state index in [-0.39, 0.29) is 0 Å². The van der Waals surface area contributed by atoms with E-state index in [1.165, 1.54) is 69.1 Å². The number of rotatable bonds is 3. The first kappa shape index (κ1) is 28.8. The molecule has 0 aliphatic heterocycles. The van der Waals surface area contributed by atoms with Crippen LogP contribution in [0.2, 0.25) is 0 Å². The highest BCUT2D eigenvalue weighted by Gasteiger charge is 2.20. The van der Waals surface area contributed by atoms with Crippen molar-refractivity contribution >= 4 is 96.8 Å². The maximum Gasteiger partial charge on any atom is 0.235 e. The molecule has 4 aromatic heterocycles. The molecule has 0 amide bonds. The summed E-state index contributed by atoms with van der Waals surface area (Å²) in [5.41, 5.74) is 9.82. The minimum Gasteiger partial charge on any atom is -0.353 e. The Morgan fingerprint density at radius 2 is 1.09 bits per heavy atom. The molecule has 0 saturated carbocycles. The van der Waals surface area contributed by atoms with Crippen molar-refractivity contribution in [1.82, 2.24) is 19.5 Å². The fraction of sp³-hybridized carbons (Fsp3) is 0. The maximum absolute atomic E-state index is 5.26. The SMILES string of the molecule is c1ccc(-c2nc(-n3c4ccccc4c4cc(-c5ccc6[nH]c7c8sc9ccccc9c8c8ccccc8c7c6c5)ccc43)nc3ccccc23)cc1. The van der Waals surface area contributed by atoms with Gasteiger partial charge < -0.3 is 4.98 Å². The van der Waals surface area contributed by atoms with E-state index in [2.05, 4.69) is 161 Å². The summed E-state index contributed by atoms with van der Waals surface area (Å²) in [5, 5.41) is 11.2. The molecule has 246 valence electrons. The molecule has 0 bridgehead atoms. The normalized spacial score (nSPS) is 12.2. The van der Waals surface area contributed by atoms with Gasteiger partial charge in [-0.15, -0.1) is 11.3 Å². The minimum absolute atomic E-state index is 0.668. The number of thiophene rings is 1. The van der Waals surface area contributed by atoms with Gasteiger partial charge in [0.15, 0.2) is 0 Å². The summed E-state index contributed by atoms with van der Waals surface area (Å²) in [6.45, 7) is 0. The highest BCUT2D eigenvalue weighted by molar-refractivity contribution is 7.27. The Morgan fingerprint density at radius 1 is 0.453 bits per heavy atom. The van der Waals surface area contributed by atoms with Crippen LogP contribution >= 0.6 is 11.3 Å². The number of H-pyrrole nitrogens is 1. The number of fused-ring (bicyclic) bond motifs is 14. The maximum atomic E-state index is 5.26. The second-order valence-corrected chi connectivity index (χ2v) is 14.9. The molecular formula is C48H28N4S. The van der Waals surface area contributed by atoms with Gasteiger partial charge in [-0.05, 0) is 64.4 Å². The van der Waals surface area contributed by atoms with Gasteiger partial charge in [-0.1, -0.05) is 121 Å². The lowest BCUT2D eigenvalue weighted by molar-refractivity contribution is 1.01. The van der Waals surface area contributed by atoms with Gasteiger partial charge in [-0.2, -0.15) is 0 Å². The van der Waals surface area contributed by atoms with Crippen LogP contribution in [0.15, 0.2) is 164 Å². The molecule has 0 unspecified atom stereocenters. The first-order chi connectivity index (χ1) is 26.3. The molecule has 12 rings (SSSR count).